The summed E-state index contributed by atoms with van der Waals surface area (Å²) in [6, 6.07) is 5.49. The van der Waals surface area contributed by atoms with Crippen molar-refractivity contribution in [3.05, 3.63) is 51.2 Å². The van der Waals surface area contributed by atoms with Crippen molar-refractivity contribution in [1.29, 1.82) is 0 Å². The summed E-state index contributed by atoms with van der Waals surface area (Å²) in [6.07, 6.45) is 0. The first-order chi connectivity index (χ1) is 8.56. The molecule has 0 bridgehead atoms. The van der Waals surface area contributed by atoms with Gasteiger partial charge in [0.05, 0.1) is 17.2 Å². The highest BCUT2D eigenvalue weighted by molar-refractivity contribution is 7.11. The third-order valence-electron chi connectivity index (χ3n) is 2.52. The smallest absolute Gasteiger partial charge is 0.251 e. The molecule has 1 aromatic heterocycles. The average Bonchev–Trinajstić information content (AvgIpc) is 2.66. The van der Waals surface area contributed by atoms with Crippen LogP contribution in [0.2, 0.25) is 0 Å². The summed E-state index contributed by atoms with van der Waals surface area (Å²) >= 11 is 1.57. The van der Waals surface area contributed by atoms with Crippen molar-refractivity contribution in [3.63, 3.8) is 0 Å². The second-order valence-corrected chi connectivity index (χ2v) is 5.22. The molecule has 0 atom stereocenters. The zero-order valence-electron chi connectivity index (χ0n) is 10.2. The highest BCUT2D eigenvalue weighted by Gasteiger charge is 2.08. The van der Waals surface area contributed by atoms with Crippen molar-refractivity contribution in [2.45, 2.75) is 20.4 Å². The standard InChI is InChI=1S/C13H13FN2OS/c1-8-12(18-9(2)16-8)7-15-13(17)10-3-5-11(14)6-4-10/h3-6H,7H2,1-2H3,(H,15,17). The number of thiazole rings is 1. The number of aromatic nitrogens is 1. The molecule has 0 aliphatic rings. The zero-order chi connectivity index (χ0) is 13.1. The monoisotopic (exact) mass is 264 g/mol. The lowest BCUT2D eigenvalue weighted by Crippen LogP contribution is -2.22. The first kappa shape index (κ1) is 12.7. The van der Waals surface area contributed by atoms with Crippen LogP contribution in [0.4, 0.5) is 4.39 Å². The molecule has 0 aliphatic carbocycles. The van der Waals surface area contributed by atoms with E-state index in [4.69, 9.17) is 0 Å². The Labute approximate surface area is 109 Å². The van der Waals surface area contributed by atoms with E-state index in [1.54, 1.807) is 11.3 Å². The molecule has 18 heavy (non-hydrogen) atoms. The maximum Gasteiger partial charge on any atom is 0.251 e. The molecule has 0 unspecified atom stereocenters. The third-order valence-corrected chi connectivity index (χ3v) is 3.59. The van der Waals surface area contributed by atoms with Crippen molar-refractivity contribution < 1.29 is 9.18 Å². The summed E-state index contributed by atoms with van der Waals surface area (Å²) in [4.78, 5) is 17.1. The topological polar surface area (TPSA) is 42.0 Å². The van der Waals surface area contributed by atoms with Crippen molar-refractivity contribution in [2.24, 2.45) is 0 Å². The van der Waals surface area contributed by atoms with Crippen LogP contribution in [0.1, 0.15) is 25.9 Å². The molecule has 0 saturated carbocycles. The van der Waals surface area contributed by atoms with E-state index in [1.807, 2.05) is 13.8 Å². The molecule has 0 aliphatic heterocycles. The van der Waals surface area contributed by atoms with Crippen LogP contribution >= 0.6 is 11.3 Å². The Hall–Kier alpha value is -1.75. The number of carbonyl (C=O) groups is 1. The highest BCUT2D eigenvalue weighted by atomic mass is 32.1. The molecule has 1 amide bonds. The predicted molar refractivity (Wildman–Crippen MR) is 69.2 cm³/mol. The van der Waals surface area contributed by atoms with E-state index >= 15 is 0 Å². The van der Waals surface area contributed by atoms with E-state index in [9.17, 15) is 9.18 Å². The summed E-state index contributed by atoms with van der Waals surface area (Å²) < 4.78 is 12.7. The summed E-state index contributed by atoms with van der Waals surface area (Å²) in [7, 11) is 0. The molecule has 0 spiro atoms. The summed E-state index contributed by atoms with van der Waals surface area (Å²) in [5.41, 5.74) is 1.40. The molecule has 0 fully saturated rings. The second kappa shape index (κ2) is 5.27. The Morgan fingerprint density at radius 3 is 2.56 bits per heavy atom. The Kier molecular flexibility index (Phi) is 3.72. The second-order valence-electron chi connectivity index (χ2n) is 3.93. The largest absolute Gasteiger partial charge is 0.347 e. The van der Waals surface area contributed by atoms with Gasteiger partial charge in [-0.2, -0.15) is 0 Å². The molecule has 5 heteroatoms. The van der Waals surface area contributed by atoms with Gasteiger partial charge < -0.3 is 5.32 Å². The molecular weight excluding hydrogens is 251 g/mol. The van der Waals surface area contributed by atoms with Gasteiger partial charge in [0.1, 0.15) is 5.82 Å². The summed E-state index contributed by atoms with van der Waals surface area (Å²) in [5.74, 6) is -0.555. The van der Waals surface area contributed by atoms with Crippen LogP contribution in [0.5, 0.6) is 0 Å². The number of hydrogen-bond acceptors (Lipinski definition) is 3. The van der Waals surface area contributed by atoms with Gasteiger partial charge in [0.2, 0.25) is 0 Å². The first-order valence-electron chi connectivity index (χ1n) is 5.53. The summed E-state index contributed by atoms with van der Waals surface area (Å²) in [5, 5.41) is 3.78. The van der Waals surface area contributed by atoms with Crippen LogP contribution in [0, 0.1) is 19.7 Å². The number of hydrogen-bond donors (Lipinski definition) is 1. The van der Waals surface area contributed by atoms with Crippen molar-refractivity contribution in [3.8, 4) is 0 Å². The maximum atomic E-state index is 12.7. The van der Waals surface area contributed by atoms with Crippen molar-refractivity contribution in [1.82, 2.24) is 10.3 Å². The van der Waals surface area contributed by atoms with E-state index in [0.29, 0.717) is 12.1 Å². The number of carbonyl (C=O) groups excluding carboxylic acids is 1. The fourth-order valence-corrected chi connectivity index (χ4v) is 2.48. The fourth-order valence-electron chi connectivity index (χ4n) is 1.60. The molecule has 1 N–H and O–H groups in total. The van der Waals surface area contributed by atoms with E-state index in [1.165, 1.54) is 24.3 Å². The van der Waals surface area contributed by atoms with Gasteiger partial charge in [0, 0.05) is 10.4 Å². The van der Waals surface area contributed by atoms with Crippen LogP contribution < -0.4 is 5.32 Å². The fraction of sp³-hybridized carbons (Fsp3) is 0.231. The average molecular weight is 264 g/mol. The third kappa shape index (κ3) is 2.92. The van der Waals surface area contributed by atoms with Gasteiger partial charge in [-0.15, -0.1) is 11.3 Å². The lowest BCUT2D eigenvalue weighted by molar-refractivity contribution is 0.0951. The van der Waals surface area contributed by atoms with Crippen LogP contribution in [0.25, 0.3) is 0 Å². The molecule has 0 saturated heterocycles. The SMILES string of the molecule is Cc1nc(C)c(CNC(=O)c2ccc(F)cc2)s1. The van der Waals surface area contributed by atoms with Gasteiger partial charge >= 0.3 is 0 Å². The molecule has 2 rings (SSSR count). The van der Waals surface area contributed by atoms with Gasteiger partial charge in [-0.05, 0) is 38.1 Å². The minimum Gasteiger partial charge on any atom is -0.347 e. The van der Waals surface area contributed by atoms with E-state index in [2.05, 4.69) is 10.3 Å². The van der Waals surface area contributed by atoms with E-state index in [0.717, 1.165) is 15.6 Å². The molecule has 1 heterocycles. The van der Waals surface area contributed by atoms with E-state index < -0.39 is 0 Å². The van der Waals surface area contributed by atoms with Crippen LogP contribution in [-0.4, -0.2) is 10.9 Å². The molecule has 3 nitrogen and oxygen atoms in total. The molecule has 2 aromatic rings. The van der Waals surface area contributed by atoms with Gasteiger partial charge in [0.25, 0.3) is 5.91 Å². The molecule has 0 radical (unpaired) electrons. The van der Waals surface area contributed by atoms with Gasteiger partial charge in [-0.1, -0.05) is 0 Å². The van der Waals surface area contributed by atoms with Gasteiger partial charge in [0.15, 0.2) is 0 Å². The number of rotatable bonds is 3. The van der Waals surface area contributed by atoms with Crippen LogP contribution in [0.15, 0.2) is 24.3 Å². The number of nitrogens with zero attached hydrogens (tertiary/aromatic N) is 1. The van der Waals surface area contributed by atoms with Gasteiger partial charge in [-0.25, -0.2) is 9.37 Å². The van der Waals surface area contributed by atoms with Crippen molar-refractivity contribution >= 4 is 17.2 Å². The number of halogens is 1. The quantitative estimate of drug-likeness (QED) is 0.926. The number of benzene rings is 1. The van der Waals surface area contributed by atoms with E-state index in [-0.39, 0.29) is 11.7 Å². The summed E-state index contributed by atoms with van der Waals surface area (Å²) in [6.45, 7) is 4.30. The minimum atomic E-state index is -0.347. The number of nitrogens with one attached hydrogen (secondary N) is 1. The number of amides is 1. The Morgan fingerprint density at radius 1 is 1.33 bits per heavy atom. The van der Waals surface area contributed by atoms with Gasteiger partial charge in [-0.3, -0.25) is 4.79 Å². The number of aryl methyl sites for hydroxylation is 2. The first-order valence-corrected chi connectivity index (χ1v) is 6.34. The Balaban J connectivity index is 2.00. The normalized spacial score (nSPS) is 10.4. The molecular formula is C13H13FN2OS. The zero-order valence-corrected chi connectivity index (χ0v) is 11.0. The van der Waals surface area contributed by atoms with Crippen LogP contribution in [0.3, 0.4) is 0 Å². The lowest BCUT2D eigenvalue weighted by Gasteiger charge is -2.04. The molecule has 94 valence electrons. The predicted octanol–water partition coefficient (Wildman–Crippen LogP) is 2.83. The maximum absolute atomic E-state index is 12.7. The van der Waals surface area contributed by atoms with Crippen molar-refractivity contribution in [2.75, 3.05) is 0 Å². The lowest BCUT2D eigenvalue weighted by atomic mass is 10.2. The molecule has 1 aromatic carbocycles. The Bertz CT molecular complexity index is 563. The minimum absolute atomic E-state index is 0.208. The highest BCUT2D eigenvalue weighted by Crippen LogP contribution is 2.16. The van der Waals surface area contributed by atoms with Crippen LogP contribution in [-0.2, 0) is 6.54 Å². The Morgan fingerprint density at radius 2 is 2.00 bits per heavy atom.